The van der Waals surface area contributed by atoms with E-state index in [1.54, 1.807) is 4.57 Å². The van der Waals surface area contributed by atoms with Gasteiger partial charge in [-0.25, -0.2) is 14.0 Å². The molecule has 0 unspecified atom stereocenters. The summed E-state index contributed by atoms with van der Waals surface area (Å²) in [6.07, 6.45) is 4.59. The highest BCUT2D eigenvalue weighted by Gasteiger charge is 2.31. The van der Waals surface area contributed by atoms with Crippen LogP contribution in [-0.2, 0) is 11.3 Å². The lowest BCUT2D eigenvalue weighted by Gasteiger charge is -2.04. The zero-order valence-electron chi connectivity index (χ0n) is 14.1. The Morgan fingerprint density at radius 2 is 2.04 bits per heavy atom. The number of hydrogen-bond donors (Lipinski definition) is 1. The average molecular weight is 328 g/mol. The summed E-state index contributed by atoms with van der Waals surface area (Å²) in [5.41, 5.74) is 0.716. The molecule has 6 heteroatoms. The normalized spacial score (nSPS) is 13.9. The van der Waals surface area contributed by atoms with Crippen LogP contribution in [0.1, 0.15) is 50.8 Å². The number of para-hydroxylation sites is 1. The molecule has 1 aliphatic carbocycles. The molecule has 6 nitrogen and oxygen atoms in total. The van der Waals surface area contributed by atoms with Crippen molar-refractivity contribution in [1.82, 2.24) is 19.7 Å². The van der Waals surface area contributed by atoms with Crippen LogP contribution >= 0.6 is 0 Å². The molecule has 1 saturated carbocycles. The van der Waals surface area contributed by atoms with Crippen molar-refractivity contribution in [3.8, 4) is 5.69 Å². The first-order valence-electron chi connectivity index (χ1n) is 8.72. The smallest absolute Gasteiger partial charge is 0.350 e. The van der Waals surface area contributed by atoms with E-state index in [2.05, 4.69) is 17.3 Å². The molecule has 128 valence electrons. The molecule has 1 aliphatic rings. The SMILES string of the molecule is CCCCC(=O)NCCn1nc(C2CC2)n(-c2ccccc2)c1=O. The van der Waals surface area contributed by atoms with Crippen LogP contribution in [-0.4, -0.2) is 26.8 Å². The molecule has 1 heterocycles. The number of unbranched alkanes of at least 4 members (excludes halogenated alkanes) is 1. The zero-order chi connectivity index (χ0) is 16.9. The van der Waals surface area contributed by atoms with Gasteiger partial charge in [0.05, 0.1) is 12.2 Å². The topological polar surface area (TPSA) is 68.9 Å². The Labute approximate surface area is 141 Å². The number of aromatic nitrogens is 3. The van der Waals surface area contributed by atoms with Gasteiger partial charge < -0.3 is 5.32 Å². The van der Waals surface area contributed by atoms with E-state index in [4.69, 9.17) is 0 Å². The van der Waals surface area contributed by atoms with Crippen LogP contribution in [0.25, 0.3) is 5.69 Å². The van der Waals surface area contributed by atoms with E-state index in [0.717, 1.165) is 37.2 Å². The standard InChI is InChI=1S/C18H24N4O2/c1-2-3-9-16(23)19-12-13-21-18(24)22(15-7-5-4-6-8-15)17(20-21)14-10-11-14/h4-8,14H,2-3,9-13H2,1H3,(H,19,23). The maximum atomic E-state index is 12.7. The van der Waals surface area contributed by atoms with Gasteiger partial charge in [-0.3, -0.25) is 4.79 Å². The number of benzene rings is 1. The predicted octanol–water partition coefficient (Wildman–Crippen LogP) is 2.22. The second kappa shape index (κ2) is 7.47. The minimum absolute atomic E-state index is 0.0369. The summed E-state index contributed by atoms with van der Waals surface area (Å²) in [7, 11) is 0. The van der Waals surface area contributed by atoms with E-state index in [-0.39, 0.29) is 11.6 Å². The molecule has 1 amide bonds. The molecule has 0 saturated heterocycles. The lowest BCUT2D eigenvalue weighted by Crippen LogP contribution is -2.31. The average Bonchev–Trinajstić information content (AvgIpc) is 3.39. The van der Waals surface area contributed by atoms with E-state index in [0.29, 0.717) is 25.4 Å². The molecule has 0 radical (unpaired) electrons. The van der Waals surface area contributed by atoms with Crippen molar-refractivity contribution in [2.75, 3.05) is 6.54 Å². The Morgan fingerprint density at radius 3 is 2.71 bits per heavy atom. The Morgan fingerprint density at radius 1 is 1.29 bits per heavy atom. The van der Waals surface area contributed by atoms with Crippen molar-refractivity contribution in [1.29, 1.82) is 0 Å². The number of rotatable bonds is 8. The fourth-order valence-electron chi connectivity index (χ4n) is 2.72. The second-order valence-corrected chi connectivity index (χ2v) is 6.26. The Bertz CT molecular complexity index is 744. The van der Waals surface area contributed by atoms with Gasteiger partial charge in [-0.2, -0.15) is 5.10 Å². The molecule has 2 aromatic rings. The predicted molar refractivity (Wildman–Crippen MR) is 92.3 cm³/mol. The number of nitrogens with one attached hydrogen (secondary N) is 1. The van der Waals surface area contributed by atoms with E-state index in [1.165, 1.54) is 4.68 Å². The highest BCUT2D eigenvalue weighted by atomic mass is 16.2. The molecule has 0 spiro atoms. The highest BCUT2D eigenvalue weighted by molar-refractivity contribution is 5.75. The molecule has 0 bridgehead atoms. The van der Waals surface area contributed by atoms with Crippen LogP contribution in [0.3, 0.4) is 0 Å². The van der Waals surface area contributed by atoms with Crippen LogP contribution < -0.4 is 11.0 Å². The van der Waals surface area contributed by atoms with E-state index in [9.17, 15) is 9.59 Å². The number of amides is 1. The molecular formula is C18H24N4O2. The summed E-state index contributed by atoms with van der Waals surface area (Å²) in [4.78, 5) is 24.4. The molecule has 24 heavy (non-hydrogen) atoms. The number of carbonyl (C=O) groups is 1. The van der Waals surface area contributed by atoms with E-state index >= 15 is 0 Å². The molecular weight excluding hydrogens is 304 g/mol. The van der Waals surface area contributed by atoms with Gasteiger partial charge in [0, 0.05) is 18.9 Å². The maximum Gasteiger partial charge on any atom is 0.350 e. The van der Waals surface area contributed by atoms with Gasteiger partial charge in [-0.15, -0.1) is 0 Å². The molecule has 1 aromatic heterocycles. The first kappa shape index (κ1) is 16.5. The summed E-state index contributed by atoms with van der Waals surface area (Å²) >= 11 is 0. The first-order chi connectivity index (χ1) is 11.7. The summed E-state index contributed by atoms with van der Waals surface area (Å²) in [6.45, 7) is 2.89. The first-order valence-corrected chi connectivity index (χ1v) is 8.72. The maximum absolute atomic E-state index is 12.7. The monoisotopic (exact) mass is 328 g/mol. The van der Waals surface area contributed by atoms with Crippen LogP contribution in [0.4, 0.5) is 0 Å². The van der Waals surface area contributed by atoms with Gasteiger partial charge in [0.25, 0.3) is 0 Å². The van der Waals surface area contributed by atoms with Gasteiger partial charge in [-0.05, 0) is 31.4 Å². The molecule has 1 N–H and O–H groups in total. The summed E-state index contributed by atoms with van der Waals surface area (Å²) in [5.74, 6) is 1.25. The fourth-order valence-corrected chi connectivity index (χ4v) is 2.72. The summed E-state index contributed by atoms with van der Waals surface area (Å²) in [6, 6.07) is 9.62. The van der Waals surface area contributed by atoms with Gasteiger partial charge in [-0.1, -0.05) is 31.5 Å². The third kappa shape index (κ3) is 3.75. The molecule has 3 rings (SSSR count). The quantitative estimate of drug-likeness (QED) is 0.808. The van der Waals surface area contributed by atoms with Gasteiger partial charge >= 0.3 is 5.69 Å². The fraction of sp³-hybridized carbons (Fsp3) is 0.500. The zero-order valence-corrected chi connectivity index (χ0v) is 14.1. The Kier molecular flexibility index (Phi) is 5.13. The number of nitrogens with zero attached hydrogens (tertiary/aromatic N) is 3. The van der Waals surface area contributed by atoms with Crippen molar-refractivity contribution < 1.29 is 4.79 Å². The van der Waals surface area contributed by atoms with Gasteiger partial charge in [0.15, 0.2) is 0 Å². The third-order valence-corrected chi connectivity index (χ3v) is 4.22. The Balaban J connectivity index is 1.73. The largest absolute Gasteiger partial charge is 0.354 e. The summed E-state index contributed by atoms with van der Waals surface area (Å²) in [5, 5.41) is 7.38. The van der Waals surface area contributed by atoms with Crippen molar-refractivity contribution in [2.24, 2.45) is 0 Å². The van der Waals surface area contributed by atoms with Crippen LogP contribution in [0.5, 0.6) is 0 Å². The van der Waals surface area contributed by atoms with Crippen molar-refractivity contribution >= 4 is 5.91 Å². The highest BCUT2D eigenvalue weighted by Crippen LogP contribution is 2.39. The lowest BCUT2D eigenvalue weighted by atomic mass is 10.2. The van der Waals surface area contributed by atoms with Gasteiger partial charge in [0.1, 0.15) is 5.82 Å². The number of hydrogen-bond acceptors (Lipinski definition) is 3. The van der Waals surface area contributed by atoms with E-state index in [1.807, 2.05) is 30.3 Å². The van der Waals surface area contributed by atoms with Crippen LogP contribution in [0.15, 0.2) is 35.1 Å². The molecule has 0 atom stereocenters. The van der Waals surface area contributed by atoms with Crippen LogP contribution in [0.2, 0.25) is 0 Å². The van der Waals surface area contributed by atoms with E-state index < -0.39 is 0 Å². The van der Waals surface area contributed by atoms with Crippen LogP contribution in [0, 0.1) is 0 Å². The summed E-state index contributed by atoms with van der Waals surface area (Å²) < 4.78 is 3.18. The minimum Gasteiger partial charge on any atom is -0.354 e. The van der Waals surface area contributed by atoms with Crippen molar-refractivity contribution in [2.45, 2.75) is 51.5 Å². The number of carbonyl (C=O) groups excluding carboxylic acids is 1. The third-order valence-electron chi connectivity index (χ3n) is 4.22. The van der Waals surface area contributed by atoms with Crippen molar-refractivity contribution in [3.63, 3.8) is 0 Å². The molecule has 0 aliphatic heterocycles. The molecule has 1 fully saturated rings. The van der Waals surface area contributed by atoms with Gasteiger partial charge in [0.2, 0.25) is 5.91 Å². The van der Waals surface area contributed by atoms with Crippen molar-refractivity contribution in [3.05, 3.63) is 46.6 Å². The molecule has 1 aromatic carbocycles. The lowest BCUT2D eigenvalue weighted by molar-refractivity contribution is -0.121. The Hall–Kier alpha value is -2.37. The second-order valence-electron chi connectivity index (χ2n) is 6.26. The minimum atomic E-state index is -0.133.